The van der Waals surface area contributed by atoms with Crippen LogP contribution in [0.5, 0.6) is 0 Å². The van der Waals surface area contributed by atoms with E-state index in [1.54, 1.807) is 0 Å². The van der Waals surface area contributed by atoms with Crippen molar-refractivity contribution in [3.63, 3.8) is 0 Å². The molecule has 0 fully saturated rings. The van der Waals surface area contributed by atoms with Crippen molar-refractivity contribution >= 4 is 22.4 Å². The zero-order valence-corrected chi connectivity index (χ0v) is 15.2. The van der Waals surface area contributed by atoms with E-state index in [2.05, 4.69) is 66.8 Å². The summed E-state index contributed by atoms with van der Waals surface area (Å²) in [6.07, 6.45) is 1.95. The molecule has 0 saturated carbocycles. The van der Waals surface area contributed by atoms with Crippen LogP contribution < -0.4 is 5.32 Å². The first-order chi connectivity index (χ1) is 12.7. The number of ether oxygens (including phenoxy) is 1. The van der Waals surface area contributed by atoms with Crippen LogP contribution in [0.1, 0.15) is 24.0 Å². The SMILES string of the molecule is Cc1ccc(NCCCC(=O)OCCc2cccc3ccccc23)cc1. The molecule has 1 N–H and O–H groups in total. The highest BCUT2D eigenvalue weighted by molar-refractivity contribution is 5.85. The molecule has 3 aromatic carbocycles. The van der Waals surface area contributed by atoms with Gasteiger partial charge in [-0.05, 0) is 41.8 Å². The van der Waals surface area contributed by atoms with Gasteiger partial charge in [-0.1, -0.05) is 60.2 Å². The molecule has 0 aliphatic carbocycles. The molecule has 3 nitrogen and oxygen atoms in total. The van der Waals surface area contributed by atoms with Gasteiger partial charge in [0.05, 0.1) is 6.61 Å². The third-order valence-electron chi connectivity index (χ3n) is 4.45. The first kappa shape index (κ1) is 18.0. The third kappa shape index (κ3) is 5.09. The van der Waals surface area contributed by atoms with Gasteiger partial charge in [-0.15, -0.1) is 0 Å². The molecule has 134 valence electrons. The summed E-state index contributed by atoms with van der Waals surface area (Å²) in [7, 11) is 0. The van der Waals surface area contributed by atoms with E-state index >= 15 is 0 Å². The molecular weight excluding hydrogens is 322 g/mol. The number of hydrogen-bond donors (Lipinski definition) is 1. The number of anilines is 1. The van der Waals surface area contributed by atoms with Crippen LogP contribution in [0.25, 0.3) is 10.8 Å². The van der Waals surface area contributed by atoms with Gasteiger partial charge < -0.3 is 10.1 Å². The van der Waals surface area contributed by atoms with Crippen LogP contribution in [0.15, 0.2) is 66.7 Å². The van der Waals surface area contributed by atoms with Crippen molar-refractivity contribution in [3.8, 4) is 0 Å². The van der Waals surface area contributed by atoms with Crippen LogP contribution in [0.2, 0.25) is 0 Å². The number of carbonyl (C=O) groups excluding carboxylic acids is 1. The first-order valence-corrected chi connectivity index (χ1v) is 9.15. The molecule has 0 spiro atoms. The van der Waals surface area contributed by atoms with E-state index in [0.717, 1.165) is 25.1 Å². The monoisotopic (exact) mass is 347 g/mol. The highest BCUT2D eigenvalue weighted by Crippen LogP contribution is 2.19. The van der Waals surface area contributed by atoms with Crippen molar-refractivity contribution in [2.75, 3.05) is 18.5 Å². The minimum Gasteiger partial charge on any atom is -0.465 e. The van der Waals surface area contributed by atoms with Gasteiger partial charge in [-0.2, -0.15) is 0 Å². The largest absolute Gasteiger partial charge is 0.465 e. The highest BCUT2D eigenvalue weighted by Gasteiger charge is 2.05. The summed E-state index contributed by atoms with van der Waals surface area (Å²) in [4.78, 5) is 11.9. The van der Waals surface area contributed by atoms with Gasteiger partial charge in [-0.25, -0.2) is 0 Å². The second-order valence-corrected chi connectivity index (χ2v) is 6.51. The summed E-state index contributed by atoms with van der Waals surface area (Å²) in [6.45, 7) is 3.26. The predicted octanol–water partition coefficient (Wildman–Crippen LogP) is 5.13. The number of aryl methyl sites for hydroxylation is 1. The number of fused-ring (bicyclic) bond motifs is 1. The molecule has 0 unspecified atom stereocenters. The number of esters is 1. The Hall–Kier alpha value is -2.81. The molecule has 0 aromatic heterocycles. The van der Waals surface area contributed by atoms with Crippen molar-refractivity contribution in [3.05, 3.63) is 77.9 Å². The zero-order valence-electron chi connectivity index (χ0n) is 15.2. The molecule has 0 aliphatic heterocycles. The van der Waals surface area contributed by atoms with Gasteiger partial charge in [0.1, 0.15) is 0 Å². The van der Waals surface area contributed by atoms with Crippen molar-refractivity contribution in [1.29, 1.82) is 0 Å². The van der Waals surface area contributed by atoms with E-state index in [-0.39, 0.29) is 5.97 Å². The van der Waals surface area contributed by atoms with Crippen LogP contribution >= 0.6 is 0 Å². The van der Waals surface area contributed by atoms with E-state index < -0.39 is 0 Å². The Labute approximate surface area is 155 Å². The summed E-state index contributed by atoms with van der Waals surface area (Å²) in [6, 6.07) is 22.8. The quantitative estimate of drug-likeness (QED) is 0.454. The van der Waals surface area contributed by atoms with E-state index in [1.165, 1.54) is 21.9 Å². The van der Waals surface area contributed by atoms with Crippen LogP contribution in [0.3, 0.4) is 0 Å². The number of benzene rings is 3. The van der Waals surface area contributed by atoms with E-state index in [0.29, 0.717) is 13.0 Å². The van der Waals surface area contributed by atoms with Crippen molar-refractivity contribution in [2.45, 2.75) is 26.2 Å². The van der Waals surface area contributed by atoms with Crippen molar-refractivity contribution in [1.82, 2.24) is 0 Å². The zero-order chi connectivity index (χ0) is 18.2. The second kappa shape index (κ2) is 9.04. The molecule has 3 heteroatoms. The Morgan fingerprint density at radius 3 is 2.58 bits per heavy atom. The van der Waals surface area contributed by atoms with E-state index in [9.17, 15) is 4.79 Å². The van der Waals surface area contributed by atoms with E-state index in [4.69, 9.17) is 4.74 Å². The number of nitrogens with one attached hydrogen (secondary N) is 1. The molecule has 0 radical (unpaired) electrons. The van der Waals surface area contributed by atoms with Gasteiger partial charge in [0, 0.05) is 25.1 Å². The lowest BCUT2D eigenvalue weighted by molar-refractivity contribution is -0.143. The Kier molecular flexibility index (Phi) is 6.26. The third-order valence-corrected chi connectivity index (χ3v) is 4.45. The summed E-state index contributed by atoms with van der Waals surface area (Å²) in [5.74, 6) is -0.129. The predicted molar refractivity (Wildman–Crippen MR) is 108 cm³/mol. The highest BCUT2D eigenvalue weighted by atomic mass is 16.5. The average Bonchev–Trinajstić information content (AvgIpc) is 2.67. The lowest BCUT2D eigenvalue weighted by Gasteiger charge is -2.09. The molecule has 0 aliphatic rings. The van der Waals surface area contributed by atoms with Crippen LogP contribution in [-0.4, -0.2) is 19.1 Å². The molecule has 3 aromatic rings. The first-order valence-electron chi connectivity index (χ1n) is 9.15. The lowest BCUT2D eigenvalue weighted by Crippen LogP contribution is -2.10. The fourth-order valence-corrected chi connectivity index (χ4v) is 2.99. The molecule has 0 saturated heterocycles. The van der Waals surface area contributed by atoms with E-state index in [1.807, 2.05) is 12.1 Å². The minimum absolute atomic E-state index is 0.129. The van der Waals surface area contributed by atoms with Gasteiger partial charge in [0.2, 0.25) is 0 Å². The van der Waals surface area contributed by atoms with Crippen molar-refractivity contribution in [2.24, 2.45) is 0 Å². The smallest absolute Gasteiger partial charge is 0.305 e. The van der Waals surface area contributed by atoms with Crippen molar-refractivity contribution < 1.29 is 9.53 Å². The summed E-state index contributed by atoms with van der Waals surface area (Å²) in [5, 5.41) is 5.77. The summed E-state index contributed by atoms with van der Waals surface area (Å²) < 4.78 is 5.40. The number of hydrogen-bond acceptors (Lipinski definition) is 3. The number of rotatable bonds is 8. The average molecular weight is 347 g/mol. The number of carbonyl (C=O) groups is 1. The minimum atomic E-state index is -0.129. The van der Waals surface area contributed by atoms with Crippen LogP contribution in [-0.2, 0) is 16.0 Å². The standard InChI is InChI=1S/C23H25NO2/c1-18-11-13-21(14-12-18)24-16-5-10-23(25)26-17-15-20-8-4-7-19-6-2-3-9-22(19)20/h2-4,6-9,11-14,24H,5,10,15-17H2,1H3. The Bertz CT molecular complexity index is 850. The maximum atomic E-state index is 11.9. The molecule has 0 amide bonds. The normalized spacial score (nSPS) is 10.7. The molecule has 0 heterocycles. The summed E-state index contributed by atoms with van der Waals surface area (Å²) in [5.41, 5.74) is 3.54. The topological polar surface area (TPSA) is 38.3 Å². The van der Waals surface area contributed by atoms with Gasteiger partial charge in [0.25, 0.3) is 0 Å². The molecule has 0 atom stereocenters. The van der Waals surface area contributed by atoms with Crippen LogP contribution in [0, 0.1) is 6.92 Å². The van der Waals surface area contributed by atoms with Gasteiger partial charge in [0.15, 0.2) is 0 Å². The molecule has 26 heavy (non-hydrogen) atoms. The molecule has 3 rings (SSSR count). The molecule has 0 bridgehead atoms. The Morgan fingerprint density at radius 1 is 0.962 bits per heavy atom. The fourth-order valence-electron chi connectivity index (χ4n) is 2.99. The van der Waals surface area contributed by atoms with Gasteiger partial charge >= 0.3 is 5.97 Å². The van der Waals surface area contributed by atoms with Crippen LogP contribution in [0.4, 0.5) is 5.69 Å². The Morgan fingerprint density at radius 2 is 1.73 bits per heavy atom. The maximum Gasteiger partial charge on any atom is 0.305 e. The lowest BCUT2D eigenvalue weighted by atomic mass is 10.0. The summed E-state index contributed by atoms with van der Waals surface area (Å²) >= 11 is 0. The maximum absolute atomic E-state index is 11.9. The second-order valence-electron chi connectivity index (χ2n) is 6.51. The Balaban J connectivity index is 1.37. The van der Waals surface area contributed by atoms with Gasteiger partial charge in [-0.3, -0.25) is 4.79 Å². The fraction of sp³-hybridized carbons (Fsp3) is 0.261. The molecular formula is C23H25NO2.